The summed E-state index contributed by atoms with van der Waals surface area (Å²) in [4.78, 5) is 8.77. The lowest BCUT2D eigenvalue weighted by molar-refractivity contribution is -0.155. The van der Waals surface area contributed by atoms with E-state index < -0.39 is 6.29 Å². The molecule has 0 radical (unpaired) electrons. The molecule has 0 aromatic carbocycles. The summed E-state index contributed by atoms with van der Waals surface area (Å²) in [6.45, 7) is 8.71. The van der Waals surface area contributed by atoms with Crippen LogP contribution in [-0.2, 0) is 9.47 Å². The molecule has 1 aromatic rings. The van der Waals surface area contributed by atoms with Gasteiger partial charge < -0.3 is 23.8 Å². The van der Waals surface area contributed by atoms with E-state index in [-0.39, 0.29) is 0 Å². The van der Waals surface area contributed by atoms with E-state index in [0.29, 0.717) is 25.1 Å². The second kappa shape index (κ2) is 6.83. The van der Waals surface area contributed by atoms with Crippen molar-refractivity contribution in [3.8, 4) is 0 Å². The molecule has 0 bridgehead atoms. The number of hydrogen-bond acceptors (Lipinski definition) is 7. The summed E-state index contributed by atoms with van der Waals surface area (Å²) in [5.74, 6) is 1.00. The fraction of sp³-hybridized carbons (Fsp3) is 0.833. The summed E-state index contributed by atoms with van der Waals surface area (Å²) in [6.07, 6.45) is -0.566. The van der Waals surface area contributed by atoms with Gasteiger partial charge in [-0.1, -0.05) is 0 Å². The second-order valence-electron chi connectivity index (χ2n) is 4.47. The normalized spacial score (nSPS) is 17.4. The first-order valence-corrected chi connectivity index (χ1v) is 6.74. The van der Waals surface area contributed by atoms with Crippen LogP contribution in [0.5, 0.6) is 0 Å². The zero-order valence-electron chi connectivity index (χ0n) is 11.8. The molecule has 0 unspecified atom stereocenters. The topological polar surface area (TPSA) is 63.9 Å². The summed E-state index contributed by atoms with van der Waals surface area (Å²) >= 11 is 0. The van der Waals surface area contributed by atoms with Crippen molar-refractivity contribution in [2.24, 2.45) is 0 Å². The van der Waals surface area contributed by atoms with Gasteiger partial charge in [-0.05, 0) is 26.1 Å². The van der Waals surface area contributed by atoms with Gasteiger partial charge in [0, 0.05) is 39.4 Å². The van der Waals surface area contributed by atoms with E-state index in [0.717, 1.165) is 26.2 Å². The van der Waals surface area contributed by atoms with Crippen molar-refractivity contribution in [2.75, 3.05) is 51.3 Å². The van der Waals surface area contributed by atoms with Crippen LogP contribution in [0, 0.1) is 0 Å². The van der Waals surface area contributed by atoms with E-state index in [1.165, 1.54) is 0 Å². The Labute approximate surface area is 113 Å². The summed E-state index contributed by atoms with van der Waals surface area (Å²) in [5, 5.41) is 4.01. The molecule has 2 rings (SSSR count). The Hall–Kier alpha value is -1.18. The molecule has 1 saturated heterocycles. The Bertz CT molecular complexity index is 371. The van der Waals surface area contributed by atoms with Gasteiger partial charge in [0.05, 0.1) is 0 Å². The van der Waals surface area contributed by atoms with Crippen LogP contribution in [0.1, 0.15) is 26.0 Å². The fourth-order valence-electron chi connectivity index (χ4n) is 1.95. The van der Waals surface area contributed by atoms with Gasteiger partial charge >= 0.3 is 0 Å². The number of anilines is 1. The first kappa shape index (κ1) is 14.2. The molecule has 0 atom stereocenters. The van der Waals surface area contributed by atoms with Crippen LogP contribution in [-0.4, -0.2) is 61.5 Å². The van der Waals surface area contributed by atoms with Crippen molar-refractivity contribution in [1.82, 2.24) is 15.0 Å². The number of ether oxygens (including phenoxy) is 2. The molecule has 7 nitrogen and oxygen atoms in total. The van der Waals surface area contributed by atoms with Gasteiger partial charge in [0.1, 0.15) is 0 Å². The lowest BCUT2D eigenvalue weighted by Gasteiger charge is -2.31. The lowest BCUT2D eigenvalue weighted by Crippen LogP contribution is -2.44. The van der Waals surface area contributed by atoms with Crippen LogP contribution in [0.15, 0.2) is 4.52 Å². The van der Waals surface area contributed by atoms with Gasteiger partial charge in [0.2, 0.25) is 6.29 Å². The zero-order chi connectivity index (χ0) is 13.7. The first-order valence-electron chi connectivity index (χ1n) is 6.74. The van der Waals surface area contributed by atoms with Crippen molar-refractivity contribution in [3.63, 3.8) is 0 Å². The first-order chi connectivity index (χ1) is 9.24. The van der Waals surface area contributed by atoms with Crippen molar-refractivity contribution < 1.29 is 14.0 Å². The number of aromatic nitrogens is 2. The van der Waals surface area contributed by atoms with Gasteiger partial charge in [-0.25, -0.2) is 0 Å². The molecule has 7 heteroatoms. The summed E-state index contributed by atoms with van der Waals surface area (Å²) in [5.41, 5.74) is 0. The average molecular weight is 270 g/mol. The van der Waals surface area contributed by atoms with Crippen LogP contribution >= 0.6 is 0 Å². The van der Waals surface area contributed by atoms with E-state index in [4.69, 9.17) is 14.0 Å². The SMILES string of the molecule is CCOC(OCC)c1nc(N2CCN(C)CC2)no1. The molecule has 1 aliphatic heterocycles. The highest BCUT2D eigenvalue weighted by atomic mass is 16.7. The molecular weight excluding hydrogens is 248 g/mol. The smallest absolute Gasteiger partial charge is 0.285 e. The van der Waals surface area contributed by atoms with Gasteiger partial charge in [-0.3, -0.25) is 0 Å². The molecule has 19 heavy (non-hydrogen) atoms. The molecule has 1 aromatic heterocycles. The summed E-state index contributed by atoms with van der Waals surface area (Å²) in [6, 6.07) is 0. The van der Waals surface area contributed by atoms with Gasteiger partial charge in [0.25, 0.3) is 11.8 Å². The molecule has 0 spiro atoms. The Kier molecular flexibility index (Phi) is 5.12. The number of hydrogen-bond donors (Lipinski definition) is 0. The quantitative estimate of drug-likeness (QED) is 0.711. The number of likely N-dealkylation sites (N-methyl/N-ethyl adjacent to an activating group) is 1. The van der Waals surface area contributed by atoms with Crippen LogP contribution in [0.25, 0.3) is 0 Å². The third-order valence-corrected chi connectivity index (χ3v) is 3.05. The maximum absolute atomic E-state index is 5.44. The molecular formula is C12H22N4O3. The van der Waals surface area contributed by atoms with Gasteiger partial charge in [-0.2, -0.15) is 4.98 Å². The van der Waals surface area contributed by atoms with Crippen molar-refractivity contribution in [3.05, 3.63) is 5.89 Å². The second-order valence-corrected chi connectivity index (χ2v) is 4.47. The summed E-state index contributed by atoms with van der Waals surface area (Å²) < 4.78 is 16.1. The van der Waals surface area contributed by atoms with Crippen molar-refractivity contribution >= 4 is 5.95 Å². The van der Waals surface area contributed by atoms with Crippen LogP contribution < -0.4 is 4.90 Å². The highest BCUT2D eigenvalue weighted by molar-refractivity contribution is 5.28. The fourth-order valence-corrected chi connectivity index (χ4v) is 1.95. The van der Waals surface area contributed by atoms with E-state index in [1.807, 2.05) is 13.8 Å². The minimum Gasteiger partial charge on any atom is -0.345 e. The molecule has 0 amide bonds. The molecule has 1 aliphatic rings. The van der Waals surface area contributed by atoms with Crippen molar-refractivity contribution in [1.29, 1.82) is 0 Å². The predicted molar refractivity (Wildman–Crippen MR) is 70.0 cm³/mol. The molecule has 1 fully saturated rings. The molecule has 0 saturated carbocycles. The van der Waals surface area contributed by atoms with Crippen LogP contribution in [0.3, 0.4) is 0 Å². The largest absolute Gasteiger partial charge is 0.345 e. The number of rotatable bonds is 6. The monoisotopic (exact) mass is 270 g/mol. The Morgan fingerprint density at radius 1 is 1.16 bits per heavy atom. The highest BCUT2D eigenvalue weighted by Crippen LogP contribution is 2.20. The van der Waals surface area contributed by atoms with E-state index in [2.05, 4.69) is 27.0 Å². The third kappa shape index (κ3) is 3.65. The van der Waals surface area contributed by atoms with Crippen LogP contribution in [0.2, 0.25) is 0 Å². The van der Waals surface area contributed by atoms with E-state index >= 15 is 0 Å². The predicted octanol–water partition coefficient (Wildman–Crippen LogP) is 0.893. The van der Waals surface area contributed by atoms with E-state index in [1.54, 1.807) is 0 Å². The maximum Gasteiger partial charge on any atom is 0.285 e. The summed E-state index contributed by atoms with van der Waals surface area (Å²) in [7, 11) is 2.11. The Morgan fingerprint density at radius 2 is 1.79 bits per heavy atom. The highest BCUT2D eigenvalue weighted by Gasteiger charge is 2.23. The van der Waals surface area contributed by atoms with Crippen LogP contribution in [0.4, 0.5) is 5.95 Å². The Morgan fingerprint density at radius 3 is 2.37 bits per heavy atom. The minimum atomic E-state index is -0.566. The maximum atomic E-state index is 5.44. The minimum absolute atomic E-state index is 0.387. The molecule has 0 N–H and O–H groups in total. The Balaban J connectivity index is 2.00. The van der Waals surface area contributed by atoms with Gasteiger partial charge in [-0.15, -0.1) is 0 Å². The molecule has 108 valence electrons. The molecule has 0 aliphatic carbocycles. The number of nitrogens with zero attached hydrogens (tertiary/aromatic N) is 4. The lowest BCUT2D eigenvalue weighted by atomic mass is 10.3. The van der Waals surface area contributed by atoms with E-state index in [9.17, 15) is 0 Å². The standard InChI is InChI=1S/C12H22N4O3/c1-4-17-11(18-5-2)10-13-12(14-19-10)16-8-6-15(3)7-9-16/h11H,4-9H2,1-3H3. The molecule has 2 heterocycles. The van der Waals surface area contributed by atoms with Gasteiger partial charge in [0.15, 0.2) is 0 Å². The van der Waals surface area contributed by atoms with Crippen molar-refractivity contribution in [2.45, 2.75) is 20.1 Å². The number of piperazine rings is 1. The average Bonchev–Trinajstić information content (AvgIpc) is 2.89. The zero-order valence-corrected chi connectivity index (χ0v) is 11.8. The third-order valence-electron chi connectivity index (χ3n) is 3.05.